The summed E-state index contributed by atoms with van der Waals surface area (Å²) in [7, 11) is -1.06. The second kappa shape index (κ2) is 5.83. The van der Waals surface area contributed by atoms with Gasteiger partial charge in [-0.15, -0.1) is 0 Å². The number of rotatable bonds is 3. The largest absolute Gasteiger partial charge is 0.305 e. The van der Waals surface area contributed by atoms with Crippen LogP contribution in [0.4, 0.5) is 5.69 Å². The molecule has 0 bridgehead atoms. The van der Waals surface area contributed by atoms with Crippen LogP contribution >= 0.6 is 15.9 Å². The molecule has 0 heterocycles. The minimum absolute atomic E-state index is 0.104. The first-order valence-corrected chi connectivity index (χ1v) is 7.78. The lowest BCUT2D eigenvalue weighted by molar-refractivity contribution is 0.593. The van der Waals surface area contributed by atoms with Gasteiger partial charge in [-0.3, -0.25) is 0 Å². The molecule has 1 fully saturated rings. The Balaban J connectivity index is 2.00. The average Bonchev–Trinajstić information content (AvgIpc) is 2.32. The fourth-order valence-corrected chi connectivity index (χ4v) is 3.59. The molecule has 4 heteroatoms. The summed E-state index contributed by atoms with van der Waals surface area (Å²) in [5.41, 5.74) is 2.02. The zero-order chi connectivity index (χ0) is 12.3. The maximum Gasteiger partial charge on any atom is 0.124 e. The van der Waals surface area contributed by atoms with Crippen molar-refractivity contribution >= 4 is 32.6 Å². The minimum Gasteiger partial charge on any atom is -0.305 e. The standard InChI is InChI=1S/C13H16BrNOS/c1-10-4-2-3-5-13(10)17(16)15-12-8-6-11(14)7-9-12/h6-9,13,15H,1-5H2. The van der Waals surface area contributed by atoms with Crippen LogP contribution in [-0.4, -0.2) is 9.46 Å². The van der Waals surface area contributed by atoms with Gasteiger partial charge in [0, 0.05) is 10.2 Å². The molecule has 2 unspecified atom stereocenters. The Morgan fingerprint density at radius 2 is 2.00 bits per heavy atom. The van der Waals surface area contributed by atoms with E-state index in [-0.39, 0.29) is 5.25 Å². The van der Waals surface area contributed by atoms with Gasteiger partial charge in [0.2, 0.25) is 0 Å². The molecular weight excluding hydrogens is 298 g/mol. The monoisotopic (exact) mass is 313 g/mol. The van der Waals surface area contributed by atoms with Crippen molar-refractivity contribution in [2.45, 2.75) is 30.9 Å². The van der Waals surface area contributed by atoms with Crippen molar-refractivity contribution in [3.63, 3.8) is 0 Å². The highest BCUT2D eigenvalue weighted by Crippen LogP contribution is 2.27. The lowest BCUT2D eigenvalue weighted by Gasteiger charge is -2.24. The predicted molar refractivity (Wildman–Crippen MR) is 77.3 cm³/mol. The molecule has 17 heavy (non-hydrogen) atoms. The second-order valence-electron chi connectivity index (χ2n) is 4.30. The van der Waals surface area contributed by atoms with E-state index in [1.54, 1.807) is 0 Å². The predicted octanol–water partition coefficient (Wildman–Crippen LogP) is 4.02. The van der Waals surface area contributed by atoms with Gasteiger partial charge in [-0.25, -0.2) is 4.21 Å². The van der Waals surface area contributed by atoms with Crippen LogP contribution in [0.2, 0.25) is 0 Å². The van der Waals surface area contributed by atoms with Crippen molar-refractivity contribution in [1.29, 1.82) is 0 Å². The number of halogens is 1. The van der Waals surface area contributed by atoms with Crippen molar-refractivity contribution < 1.29 is 4.21 Å². The molecule has 0 saturated heterocycles. The van der Waals surface area contributed by atoms with Crippen LogP contribution in [0.5, 0.6) is 0 Å². The molecule has 0 amide bonds. The van der Waals surface area contributed by atoms with E-state index in [4.69, 9.17) is 0 Å². The van der Waals surface area contributed by atoms with Gasteiger partial charge in [-0.2, -0.15) is 0 Å². The third-order valence-corrected chi connectivity index (χ3v) is 5.04. The van der Waals surface area contributed by atoms with Gasteiger partial charge in [0.25, 0.3) is 0 Å². The van der Waals surface area contributed by atoms with E-state index in [0.717, 1.165) is 35.0 Å². The molecule has 0 radical (unpaired) electrons. The quantitative estimate of drug-likeness (QED) is 0.839. The Morgan fingerprint density at radius 1 is 1.29 bits per heavy atom. The van der Waals surface area contributed by atoms with Crippen LogP contribution in [0.3, 0.4) is 0 Å². The second-order valence-corrected chi connectivity index (χ2v) is 6.58. The highest BCUT2D eigenvalue weighted by Gasteiger charge is 2.23. The van der Waals surface area contributed by atoms with Crippen LogP contribution in [0.15, 0.2) is 40.9 Å². The van der Waals surface area contributed by atoms with Crippen molar-refractivity contribution in [3.05, 3.63) is 40.9 Å². The number of nitrogens with one attached hydrogen (secondary N) is 1. The smallest absolute Gasteiger partial charge is 0.124 e. The third-order valence-electron chi connectivity index (χ3n) is 2.99. The van der Waals surface area contributed by atoms with E-state index in [1.165, 1.54) is 6.42 Å². The number of anilines is 1. The third kappa shape index (κ3) is 3.42. The Bertz CT molecular complexity index is 430. The van der Waals surface area contributed by atoms with Crippen LogP contribution in [0, 0.1) is 0 Å². The highest BCUT2D eigenvalue weighted by atomic mass is 79.9. The number of hydrogen-bond donors (Lipinski definition) is 1. The maximum atomic E-state index is 12.2. The normalized spacial score (nSPS) is 22.2. The summed E-state index contributed by atoms with van der Waals surface area (Å²) in [5.74, 6) is 0. The van der Waals surface area contributed by atoms with E-state index in [9.17, 15) is 4.21 Å². The van der Waals surface area contributed by atoms with Crippen molar-refractivity contribution in [1.82, 2.24) is 0 Å². The molecule has 1 saturated carbocycles. The molecule has 0 spiro atoms. The molecule has 2 nitrogen and oxygen atoms in total. The fraction of sp³-hybridized carbons (Fsp3) is 0.385. The van der Waals surface area contributed by atoms with Crippen LogP contribution in [0.25, 0.3) is 0 Å². The van der Waals surface area contributed by atoms with E-state index in [0.29, 0.717) is 0 Å². The first-order chi connectivity index (χ1) is 8.16. The van der Waals surface area contributed by atoms with E-state index < -0.39 is 11.0 Å². The summed E-state index contributed by atoms with van der Waals surface area (Å²) in [4.78, 5) is 0. The lowest BCUT2D eigenvalue weighted by Crippen LogP contribution is -2.25. The van der Waals surface area contributed by atoms with E-state index >= 15 is 0 Å². The van der Waals surface area contributed by atoms with Crippen LogP contribution < -0.4 is 4.72 Å². The maximum absolute atomic E-state index is 12.2. The Hall–Kier alpha value is -0.610. The molecule has 1 aromatic rings. The van der Waals surface area contributed by atoms with E-state index in [2.05, 4.69) is 27.2 Å². The van der Waals surface area contributed by atoms with Crippen molar-refractivity contribution in [2.75, 3.05) is 4.72 Å². The Labute approximate surface area is 113 Å². The fourth-order valence-electron chi connectivity index (χ4n) is 2.01. The first kappa shape index (κ1) is 12.8. The molecule has 2 atom stereocenters. The van der Waals surface area contributed by atoms with Crippen LogP contribution in [-0.2, 0) is 11.0 Å². The summed E-state index contributed by atoms with van der Waals surface area (Å²) in [6.07, 6.45) is 4.33. The molecule has 0 aliphatic heterocycles. The van der Waals surface area contributed by atoms with Gasteiger partial charge in [0.1, 0.15) is 11.0 Å². The van der Waals surface area contributed by atoms with Crippen molar-refractivity contribution in [2.24, 2.45) is 0 Å². The molecule has 0 aromatic heterocycles. The zero-order valence-electron chi connectivity index (χ0n) is 9.62. The van der Waals surface area contributed by atoms with Crippen LogP contribution in [0.1, 0.15) is 25.7 Å². The highest BCUT2D eigenvalue weighted by molar-refractivity contribution is 9.10. The summed E-state index contributed by atoms with van der Waals surface area (Å²) < 4.78 is 16.3. The Morgan fingerprint density at radius 3 is 2.65 bits per heavy atom. The van der Waals surface area contributed by atoms with Gasteiger partial charge in [0.05, 0.1) is 5.25 Å². The minimum atomic E-state index is -1.06. The van der Waals surface area contributed by atoms with Gasteiger partial charge in [0.15, 0.2) is 0 Å². The van der Waals surface area contributed by atoms with Gasteiger partial charge in [-0.1, -0.05) is 34.5 Å². The first-order valence-electron chi connectivity index (χ1n) is 5.77. The Kier molecular flexibility index (Phi) is 4.40. The summed E-state index contributed by atoms with van der Waals surface area (Å²) in [6.45, 7) is 4.03. The zero-order valence-corrected chi connectivity index (χ0v) is 12.0. The van der Waals surface area contributed by atoms with Gasteiger partial charge in [-0.05, 0) is 43.5 Å². The summed E-state index contributed by atoms with van der Waals surface area (Å²) in [6, 6.07) is 7.73. The molecule has 2 rings (SSSR count). The van der Waals surface area contributed by atoms with E-state index in [1.807, 2.05) is 24.3 Å². The molecule has 92 valence electrons. The molecule has 1 aliphatic rings. The number of hydrogen-bond acceptors (Lipinski definition) is 1. The molecule has 1 N–H and O–H groups in total. The molecular formula is C13H16BrNOS. The SMILES string of the molecule is C=C1CCCCC1S(=O)Nc1ccc(Br)cc1. The summed E-state index contributed by atoms with van der Waals surface area (Å²) >= 11 is 3.38. The topological polar surface area (TPSA) is 29.1 Å². The van der Waals surface area contributed by atoms with Crippen molar-refractivity contribution in [3.8, 4) is 0 Å². The van der Waals surface area contributed by atoms with Gasteiger partial charge >= 0.3 is 0 Å². The lowest BCUT2D eigenvalue weighted by atomic mass is 9.96. The summed E-state index contributed by atoms with van der Waals surface area (Å²) in [5, 5.41) is 0.104. The number of benzene rings is 1. The van der Waals surface area contributed by atoms with Gasteiger partial charge < -0.3 is 4.72 Å². The molecule has 1 aliphatic carbocycles. The average molecular weight is 314 g/mol. The molecule has 1 aromatic carbocycles.